The molecule has 1 heterocycles. The molecule has 0 aliphatic rings. The molecule has 2 rings (SSSR count). The molecule has 1 aromatic carbocycles. The maximum absolute atomic E-state index is 12.2. The summed E-state index contributed by atoms with van der Waals surface area (Å²) in [5.41, 5.74) is 0.557. The minimum atomic E-state index is -3.63. The van der Waals surface area contributed by atoms with E-state index in [1.807, 2.05) is 0 Å². The fourth-order valence-corrected chi connectivity index (χ4v) is 2.82. The Labute approximate surface area is 118 Å². The largest absolute Gasteiger partial charge is 0.465 e. The number of aliphatic hydroxyl groups excluding tert-OH is 1. The third-order valence-electron chi connectivity index (χ3n) is 2.88. The van der Waals surface area contributed by atoms with Crippen molar-refractivity contribution in [2.75, 3.05) is 0 Å². The summed E-state index contributed by atoms with van der Waals surface area (Å²) < 4.78 is 32.1. The lowest BCUT2D eigenvalue weighted by Crippen LogP contribution is -2.23. The molecule has 6 heteroatoms. The van der Waals surface area contributed by atoms with Crippen molar-refractivity contribution < 1.29 is 17.9 Å². The van der Waals surface area contributed by atoms with Crippen molar-refractivity contribution in [2.24, 2.45) is 0 Å². The molecule has 0 bridgehead atoms. The standard InChI is InChI=1S/C14H17NO4S/c1-10-6-7-13(19-10)9-15-20(17,18)14-5-3-4-12(8-14)11(2)16/h3-8,11,15-16H,9H2,1-2H3. The lowest BCUT2D eigenvalue weighted by molar-refractivity contribution is 0.199. The average molecular weight is 295 g/mol. The zero-order valence-electron chi connectivity index (χ0n) is 11.3. The average Bonchev–Trinajstić information content (AvgIpc) is 2.82. The van der Waals surface area contributed by atoms with Crippen LogP contribution in [0, 0.1) is 6.92 Å². The molecule has 0 radical (unpaired) electrons. The normalized spacial score (nSPS) is 13.3. The van der Waals surface area contributed by atoms with Gasteiger partial charge in [-0.05, 0) is 43.7 Å². The first-order chi connectivity index (χ1) is 9.38. The third kappa shape index (κ3) is 3.47. The topological polar surface area (TPSA) is 79.5 Å². The summed E-state index contributed by atoms with van der Waals surface area (Å²) >= 11 is 0. The van der Waals surface area contributed by atoms with Crippen molar-refractivity contribution >= 4 is 10.0 Å². The van der Waals surface area contributed by atoms with Crippen LogP contribution in [0.15, 0.2) is 45.7 Å². The lowest BCUT2D eigenvalue weighted by Gasteiger charge is -2.09. The fourth-order valence-electron chi connectivity index (χ4n) is 1.77. The third-order valence-corrected chi connectivity index (χ3v) is 4.28. The van der Waals surface area contributed by atoms with Gasteiger partial charge in [0.05, 0.1) is 17.5 Å². The molecule has 108 valence electrons. The second kappa shape index (κ2) is 5.78. The molecule has 1 unspecified atom stereocenters. The monoisotopic (exact) mass is 295 g/mol. The summed E-state index contributed by atoms with van der Waals surface area (Å²) in [4.78, 5) is 0.124. The molecule has 1 atom stereocenters. The van der Waals surface area contributed by atoms with Crippen LogP contribution in [0.4, 0.5) is 0 Å². The molecule has 0 amide bonds. The second-order valence-electron chi connectivity index (χ2n) is 4.59. The lowest BCUT2D eigenvalue weighted by atomic mass is 10.1. The Morgan fingerprint density at radius 2 is 2.05 bits per heavy atom. The Balaban J connectivity index is 2.15. The van der Waals surface area contributed by atoms with E-state index in [0.717, 1.165) is 5.76 Å². The van der Waals surface area contributed by atoms with Crippen LogP contribution in [-0.2, 0) is 16.6 Å². The molecule has 5 nitrogen and oxygen atoms in total. The summed E-state index contributed by atoms with van der Waals surface area (Å²) in [6, 6.07) is 9.73. The van der Waals surface area contributed by atoms with Gasteiger partial charge in [-0.2, -0.15) is 0 Å². The molecule has 0 saturated carbocycles. The van der Waals surface area contributed by atoms with E-state index in [-0.39, 0.29) is 11.4 Å². The summed E-state index contributed by atoms with van der Waals surface area (Å²) in [6.07, 6.45) is -0.710. The van der Waals surface area contributed by atoms with E-state index in [1.165, 1.54) is 12.1 Å². The van der Waals surface area contributed by atoms with Gasteiger partial charge in [-0.15, -0.1) is 0 Å². The number of sulfonamides is 1. The van der Waals surface area contributed by atoms with E-state index in [1.54, 1.807) is 38.1 Å². The van der Waals surface area contributed by atoms with Crippen LogP contribution in [0.5, 0.6) is 0 Å². The van der Waals surface area contributed by atoms with E-state index >= 15 is 0 Å². The van der Waals surface area contributed by atoms with E-state index in [2.05, 4.69) is 4.72 Å². The summed E-state index contributed by atoms with van der Waals surface area (Å²) in [7, 11) is -3.63. The number of benzene rings is 1. The van der Waals surface area contributed by atoms with Gasteiger partial charge in [0.2, 0.25) is 10.0 Å². The first kappa shape index (κ1) is 14.8. The predicted molar refractivity (Wildman–Crippen MR) is 74.5 cm³/mol. The second-order valence-corrected chi connectivity index (χ2v) is 6.35. The Bertz CT molecular complexity index is 689. The summed E-state index contributed by atoms with van der Waals surface area (Å²) in [6.45, 7) is 3.48. The number of hydrogen-bond acceptors (Lipinski definition) is 4. The molecular formula is C14H17NO4S. The van der Waals surface area contributed by atoms with Crippen molar-refractivity contribution in [2.45, 2.75) is 31.4 Å². The molecule has 0 spiro atoms. The van der Waals surface area contributed by atoms with E-state index in [0.29, 0.717) is 11.3 Å². The van der Waals surface area contributed by atoms with E-state index in [9.17, 15) is 13.5 Å². The highest BCUT2D eigenvalue weighted by Gasteiger charge is 2.15. The molecule has 0 saturated heterocycles. The van der Waals surface area contributed by atoms with Crippen molar-refractivity contribution in [1.29, 1.82) is 0 Å². The first-order valence-electron chi connectivity index (χ1n) is 6.21. The number of nitrogens with one attached hydrogen (secondary N) is 1. The van der Waals surface area contributed by atoms with Gasteiger partial charge >= 0.3 is 0 Å². The number of rotatable bonds is 5. The molecular weight excluding hydrogens is 278 g/mol. The SMILES string of the molecule is Cc1ccc(CNS(=O)(=O)c2cccc(C(C)O)c2)o1. The van der Waals surface area contributed by atoms with Crippen LogP contribution in [0.1, 0.15) is 30.1 Å². The predicted octanol–water partition coefficient (Wildman–Crippen LogP) is 2.12. The fraction of sp³-hybridized carbons (Fsp3) is 0.286. The van der Waals surface area contributed by atoms with Gasteiger partial charge in [0.1, 0.15) is 11.5 Å². The highest BCUT2D eigenvalue weighted by atomic mass is 32.2. The van der Waals surface area contributed by atoms with Crippen LogP contribution in [-0.4, -0.2) is 13.5 Å². The maximum Gasteiger partial charge on any atom is 0.240 e. The zero-order valence-corrected chi connectivity index (χ0v) is 12.1. The minimum absolute atomic E-state index is 0.0923. The smallest absolute Gasteiger partial charge is 0.240 e. The van der Waals surface area contributed by atoms with Crippen LogP contribution in [0.2, 0.25) is 0 Å². The number of aryl methyl sites for hydroxylation is 1. The van der Waals surface area contributed by atoms with Crippen molar-refractivity contribution in [3.8, 4) is 0 Å². The van der Waals surface area contributed by atoms with Crippen LogP contribution in [0.25, 0.3) is 0 Å². The highest BCUT2D eigenvalue weighted by Crippen LogP contribution is 2.17. The van der Waals surface area contributed by atoms with Gasteiger partial charge in [0.25, 0.3) is 0 Å². The van der Waals surface area contributed by atoms with Crippen LogP contribution < -0.4 is 4.72 Å². The number of furan rings is 1. The highest BCUT2D eigenvalue weighted by molar-refractivity contribution is 7.89. The van der Waals surface area contributed by atoms with Gasteiger partial charge in [-0.25, -0.2) is 13.1 Å². The Hall–Kier alpha value is -1.63. The quantitative estimate of drug-likeness (QED) is 0.885. The van der Waals surface area contributed by atoms with E-state index in [4.69, 9.17) is 4.42 Å². The molecule has 0 aliphatic heterocycles. The van der Waals surface area contributed by atoms with Gasteiger partial charge in [0.15, 0.2) is 0 Å². The molecule has 20 heavy (non-hydrogen) atoms. The van der Waals surface area contributed by atoms with Crippen LogP contribution in [0.3, 0.4) is 0 Å². The van der Waals surface area contributed by atoms with E-state index < -0.39 is 16.1 Å². The van der Waals surface area contributed by atoms with Gasteiger partial charge in [-0.1, -0.05) is 12.1 Å². The minimum Gasteiger partial charge on any atom is -0.465 e. The van der Waals surface area contributed by atoms with Crippen molar-refractivity contribution in [1.82, 2.24) is 4.72 Å². The Morgan fingerprint density at radius 1 is 1.30 bits per heavy atom. The number of aliphatic hydroxyl groups is 1. The van der Waals surface area contributed by atoms with Gasteiger partial charge in [-0.3, -0.25) is 0 Å². The molecule has 2 aromatic rings. The zero-order chi connectivity index (χ0) is 14.8. The van der Waals surface area contributed by atoms with Crippen molar-refractivity contribution in [3.63, 3.8) is 0 Å². The maximum atomic E-state index is 12.2. The molecule has 2 N–H and O–H groups in total. The molecule has 0 fully saturated rings. The van der Waals surface area contributed by atoms with Crippen molar-refractivity contribution in [3.05, 3.63) is 53.5 Å². The van der Waals surface area contributed by atoms with Gasteiger partial charge < -0.3 is 9.52 Å². The van der Waals surface area contributed by atoms with Gasteiger partial charge in [0, 0.05) is 0 Å². The first-order valence-corrected chi connectivity index (χ1v) is 7.70. The molecule has 0 aliphatic carbocycles. The molecule has 1 aromatic heterocycles. The summed E-state index contributed by atoms with van der Waals surface area (Å²) in [5, 5.41) is 9.49. The summed E-state index contributed by atoms with van der Waals surface area (Å²) in [5.74, 6) is 1.29. The Kier molecular flexibility index (Phi) is 4.27. The Morgan fingerprint density at radius 3 is 2.65 bits per heavy atom. The number of hydrogen-bond donors (Lipinski definition) is 2. The van der Waals surface area contributed by atoms with Crippen LogP contribution >= 0.6 is 0 Å².